The van der Waals surface area contributed by atoms with Crippen LogP contribution in [-0.2, 0) is 24.0 Å². The number of hydrogen-bond donors (Lipinski definition) is 1. The SMILES string of the molecule is CCc1cc(/C(C)=N/OCc2ccc(C3CCCCC3)c(C(F)(F)F)c2)ccc1C(=O)O. The topological polar surface area (TPSA) is 58.9 Å². The van der Waals surface area contributed by atoms with Crippen LogP contribution in [0.15, 0.2) is 41.6 Å². The van der Waals surface area contributed by atoms with Gasteiger partial charge in [-0.3, -0.25) is 0 Å². The summed E-state index contributed by atoms with van der Waals surface area (Å²) >= 11 is 0. The molecule has 0 spiro atoms. The first-order valence-corrected chi connectivity index (χ1v) is 10.9. The van der Waals surface area contributed by atoms with E-state index in [1.165, 1.54) is 12.1 Å². The molecule has 2 aromatic rings. The molecule has 0 saturated heterocycles. The first kappa shape index (κ1) is 23.8. The number of halogens is 3. The minimum absolute atomic E-state index is 0.0443. The number of rotatable bonds is 7. The summed E-state index contributed by atoms with van der Waals surface area (Å²) in [5.41, 5.74) is 2.35. The zero-order valence-electron chi connectivity index (χ0n) is 18.3. The third-order valence-corrected chi connectivity index (χ3v) is 6.04. The lowest BCUT2D eigenvalue weighted by Gasteiger charge is -2.25. The van der Waals surface area contributed by atoms with E-state index < -0.39 is 17.7 Å². The van der Waals surface area contributed by atoms with Crippen molar-refractivity contribution in [1.82, 2.24) is 0 Å². The quantitative estimate of drug-likeness (QED) is 0.369. The van der Waals surface area contributed by atoms with Crippen molar-refractivity contribution in [3.63, 3.8) is 0 Å². The van der Waals surface area contributed by atoms with E-state index in [4.69, 9.17) is 4.84 Å². The fraction of sp³-hybridized carbons (Fsp3) is 0.440. The van der Waals surface area contributed by atoms with Crippen LogP contribution in [0.25, 0.3) is 0 Å². The van der Waals surface area contributed by atoms with Gasteiger partial charge in [-0.05, 0) is 72.6 Å². The third-order valence-electron chi connectivity index (χ3n) is 6.04. The van der Waals surface area contributed by atoms with Gasteiger partial charge in [0.2, 0.25) is 0 Å². The first-order chi connectivity index (χ1) is 15.2. The lowest BCUT2D eigenvalue weighted by atomic mass is 9.81. The molecule has 0 radical (unpaired) electrons. The standard InChI is InChI=1S/C25H28F3NO3/c1-3-18-14-20(10-12-22(18)24(30)31)16(2)29-32-15-17-9-11-21(19-7-5-4-6-8-19)23(13-17)25(26,27)28/h9-14,19H,3-8,15H2,1-2H3,(H,30,31)/b29-16+. The molecule has 1 fully saturated rings. The van der Waals surface area contributed by atoms with Crippen LogP contribution in [0.4, 0.5) is 13.2 Å². The van der Waals surface area contributed by atoms with Crippen LogP contribution in [0.3, 0.4) is 0 Å². The summed E-state index contributed by atoms with van der Waals surface area (Å²) in [6, 6.07) is 9.35. The zero-order chi connectivity index (χ0) is 23.3. The molecule has 3 rings (SSSR count). The second-order valence-electron chi connectivity index (χ2n) is 8.24. The number of hydrogen-bond acceptors (Lipinski definition) is 3. The van der Waals surface area contributed by atoms with Crippen LogP contribution >= 0.6 is 0 Å². The minimum Gasteiger partial charge on any atom is -0.478 e. The van der Waals surface area contributed by atoms with Crippen molar-refractivity contribution in [1.29, 1.82) is 0 Å². The third kappa shape index (κ3) is 5.69. The number of nitrogens with zero attached hydrogens (tertiary/aromatic N) is 1. The van der Waals surface area contributed by atoms with Gasteiger partial charge in [0.15, 0.2) is 0 Å². The van der Waals surface area contributed by atoms with Gasteiger partial charge in [-0.15, -0.1) is 0 Å². The molecule has 0 aliphatic heterocycles. The Kier molecular flexibility index (Phi) is 7.59. The highest BCUT2D eigenvalue weighted by molar-refractivity contribution is 6.00. The van der Waals surface area contributed by atoms with Crippen molar-refractivity contribution in [3.8, 4) is 0 Å². The summed E-state index contributed by atoms with van der Waals surface area (Å²) in [7, 11) is 0. The average Bonchev–Trinajstić information content (AvgIpc) is 2.78. The molecule has 0 atom stereocenters. The summed E-state index contributed by atoms with van der Waals surface area (Å²) in [5, 5.41) is 13.3. The zero-order valence-corrected chi connectivity index (χ0v) is 18.3. The van der Waals surface area contributed by atoms with E-state index in [0.29, 0.717) is 34.4 Å². The highest BCUT2D eigenvalue weighted by atomic mass is 19.4. The minimum atomic E-state index is -4.41. The number of aryl methyl sites for hydroxylation is 1. The van der Waals surface area contributed by atoms with E-state index in [2.05, 4.69) is 5.16 Å². The largest absolute Gasteiger partial charge is 0.478 e. The average molecular weight is 447 g/mol. The predicted molar refractivity (Wildman–Crippen MR) is 117 cm³/mol. The van der Waals surface area contributed by atoms with E-state index >= 15 is 0 Å². The number of alkyl halides is 3. The molecule has 1 aliphatic carbocycles. The Labute approximate surface area is 186 Å². The number of oxime groups is 1. The van der Waals surface area contributed by atoms with Gasteiger partial charge in [0.1, 0.15) is 6.61 Å². The maximum atomic E-state index is 13.7. The van der Waals surface area contributed by atoms with Gasteiger partial charge < -0.3 is 9.94 Å². The van der Waals surface area contributed by atoms with Crippen molar-refractivity contribution < 1.29 is 27.9 Å². The highest BCUT2D eigenvalue weighted by Crippen LogP contribution is 2.41. The normalized spacial score (nSPS) is 15.6. The number of carboxylic acids is 1. The molecule has 0 aromatic heterocycles. The van der Waals surface area contributed by atoms with Gasteiger partial charge >= 0.3 is 12.1 Å². The summed E-state index contributed by atoms with van der Waals surface area (Å²) in [6.07, 6.45) is 0.745. The Bertz CT molecular complexity index is 992. The molecule has 4 nitrogen and oxygen atoms in total. The first-order valence-electron chi connectivity index (χ1n) is 10.9. The molecule has 0 heterocycles. The van der Waals surface area contributed by atoms with Crippen LogP contribution in [0.1, 0.15) is 90.0 Å². The van der Waals surface area contributed by atoms with Crippen LogP contribution in [0.2, 0.25) is 0 Å². The van der Waals surface area contributed by atoms with E-state index in [1.54, 1.807) is 31.2 Å². The lowest BCUT2D eigenvalue weighted by Crippen LogP contribution is -2.15. The van der Waals surface area contributed by atoms with Crippen LogP contribution in [0.5, 0.6) is 0 Å². The van der Waals surface area contributed by atoms with E-state index in [-0.39, 0.29) is 18.1 Å². The van der Waals surface area contributed by atoms with Gasteiger partial charge in [0.25, 0.3) is 0 Å². The maximum Gasteiger partial charge on any atom is 0.416 e. The molecule has 0 unspecified atom stereocenters. The van der Waals surface area contributed by atoms with Crippen molar-refractivity contribution in [3.05, 3.63) is 69.8 Å². The number of carbonyl (C=O) groups is 1. The Balaban J connectivity index is 1.75. The summed E-state index contributed by atoms with van der Waals surface area (Å²) in [4.78, 5) is 16.6. The Morgan fingerprint density at radius 2 is 1.84 bits per heavy atom. The van der Waals surface area contributed by atoms with Gasteiger partial charge in [-0.2, -0.15) is 13.2 Å². The fourth-order valence-corrected chi connectivity index (χ4v) is 4.28. The van der Waals surface area contributed by atoms with E-state index in [1.807, 2.05) is 6.92 Å². The Hall–Kier alpha value is -2.83. The summed E-state index contributed by atoms with van der Waals surface area (Å²) < 4.78 is 41.1. The van der Waals surface area contributed by atoms with Crippen LogP contribution in [-0.4, -0.2) is 16.8 Å². The smallest absolute Gasteiger partial charge is 0.416 e. The molecule has 2 aromatic carbocycles. The number of benzene rings is 2. The second kappa shape index (κ2) is 10.2. The van der Waals surface area contributed by atoms with Crippen molar-refractivity contribution in [2.75, 3.05) is 0 Å². The predicted octanol–water partition coefficient (Wildman–Crippen LogP) is 6.95. The highest BCUT2D eigenvalue weighted by Gasteiger charge is 2.35. The summed E-state index contributed by atoms with van der Waals surface area (Å²) in [5.74, 6) is -1.03. The molecule has 1 N–H and O–H groups in total. The molecular weight excluding hydrogens is 419 g/mol. The van der Waals surface area contributed by atoms with Gasteiger partial charge in [0.05, 0.1) is 16.8 Å². The Morgan fingerprint density at radius 3 is 2.47 bits per heavy atom. The molecule has 0 bridgehead atoms. The molecule has 172 valence electrons. The Morgan fingerprint density at radius 1 is 1.12 bits per heavy atom. The number of carboxylic acid groups (broad SMARTS) is 1. The van der Waals surface area contributed by atoms with Crippen LogP contribution < -0.4 is 0 Å². The maximum absolute atomic E-state index is 13.7. The molecular formula is C25H28F3NO3. The van der Waals surface area contributed by atoms with Crippen molar-refractivity contribution >= 4 is 11.7 Å². The van der Waals surface area contributed by atoms with Gasteiger partial charge in [-0.25, -0.2) is 4.79 Å². The fourth-order valence-electron chi connectivity index (χ4n) is 4.28. The second-order valence-corrected chi connectivity index (χ2v) is 8.24. The van der Waals surface area contributed by atoms with Gasteiger partial charge in [0, 0.05) is 0 Å². The van der Waals surface area contributed by atoms with Gasteiger partial charge in [-0.1, -0.05) is 49.5 Å². The monoisotopic (exact) mass is 447 g/mol. The van der Waals surface area contributed by atoms with Crippen LogP contribution in [0, 0.1) is 0 Å². The molecule has 32 heavy (non-hydrogen) atoms. The number of aromatic carboxylic acids is 1. The summed E-state index contributed by atoms with van der Waals surface area (Å²) in [6.45, 7) is 3.49. The van der Waals surface area contributed by atoms with E-state index in [0.717, 1.165) is 32.1 Å². The lowest BCUT2D eigenvalue weighted by molar-refractivity contribution is -0.138. The van der Waals surface area contributed by atoms with Crippen molar-refractivity contribution in [2.24, 2.45) is 5.16 Å². The van der Waals surface area contributed by atoms with E-state index in [9.17, 15) is 23.1 Å². The molecule has 1 saturated carbocycles. The molecule has 0 amide bonds. The molecule has 1 aliphatic rings. The molecule has 7 heteroatoms. The van der Waals surface area contributed by atoms with Crippen molar-refractivity contribution in [2.45, 2.75) is 71.1 Å².